The third-order valence-electron chi connectivity index (χ3n) is 7.80. The van der Waals surface area contributed by atoms with Crippen molar-refractivity contribution in [2.45, 2.75) is 61.5 Å². The van der Waals surface area contributed by atoms with Gasteiger partial charge in [-0.2, -0.15) is 53.4 Å². The second-order valence-corrected chi connectivity index (χ2v) is 11.5. The molecule has 264 valence electrons. The normalized spacial score (nSPS) is 23.4. The number of nitrogens with zero attached hydrogens (tertiary/aromatic N) is 4. The quantitative estimate of drug-likeness (QED) is 0.243. The molecular formula is C26H18ClF14N5O2. The van der Waals surface area contributed by atoms with Crippen LogP contribution in [0.3, 0.4) is 0 Å². The fourth-order valence-electron chi connectivity index (χ4n) is 5.27. The number of nitrogens with one attached hydrogen (secondary N) is 1. The summed E-state index contributed by atoms with van der Waals surface area (Å²) in [6.07, 6.45) is -30.7. The summed E-state index contributed by atoms with van der Waals surface area (Å²) in [5.74, 6) is -13.1. The minimum Gasteiger partial charge on any atom is -0.410 e. The first-order chi connectivity index (χ1) is 21.9. The zero-order valence-electron chi connectivity index (χ0n) is 23.5. The van der Waals surface area contributed by atoms with Crippen molar-refractivity contribution in [1.29, 1.82) is 0 Å². The minimum absolute atomic E-state index is 0.00497. The van der Waals surface area contributed by atoms with Crippen LogP contribution in [0.5, 0.6) is 5.88 Å². The van der Waals surface area contributed by atoms with Crippen LogP contribution in [0.15, 0.2) is 30.6 Å². The van der Waals surface area contributed by atoms with Gasteiger partial charge in [0.25, 0.3) is 11.8 Å². The lowest BCUT2D eigenvalue weighted by Crippen LogP contribution is -2.74. The van der Waals surface area contributed by atoms with Gasteiger partial charge in [0.2, 0.25) is 0 Å². The number of alkyl halides is 14. The van der Waals surface area contributed by atoms with Crippen LogP contribution in [-0.2, 0) is 13.2 Å². The van der Waals surface area contributed by atoms with E-state index < -0.39 is 77.7 Å². The van der Waals surface area contributed by atoms with E-state index in [1.807, 2.05) is 0 Å². The maximum absolute atomic E-state index is 15.4. The van der Waals surface area contributed by atoms with Gasteiger partial charge < -0.3 is 10.1 Å². The van der Waals surface area contributed by atoms with Crippen LogP contribution in [0.1, 0.15) is 28.8 Å². The number of hydrogen-bond acceptors (Lipinski definition) is 4. The zero-order valence-corrected chi connectivity index (χ0v) is 24.2. The van der Waals surface area contributed by atoms with Crippen molar-refractivity contribution >= 4 is 17.5 Å². The van der Waals surface area contributed by atoms with E-state index in [-0.39, 0.29) is 32.4 Å². The van der Waals surface area contributed by atoms with E-state index in [9.17, 15) is 53.1 Å². The molecule has 48 heavy (non-hydrogen) atoms. The summed E-state index contributed by atoms with van der Waals surface area (Å²) in [6, 6.07) is 3.77. The molecule has 0 radical (unpaired) electrons. The molecule has 5 atom stereocenters. The molecule has 2 saturated carbocycles. The van der Waals surface area contributed by atoms with E-state index in [2.05, 4.69) is 20.3 Å². The topological polar surface area (TPSA) is 74.0 Å². The Morgan fingerprint density at radius 3 is 2.08 bits per heavy atom. The standard InChI is InChI=1S/C26H18ClF14N5O2/c1-45-21(46-8-10(7-42-46)9-2-5-13(27)12(6-9)19(47)43-11-3-4-11)16(24(34,35)36)20(44-45)48-26(40,41)22(30,25(37,38)39)14-15(23(31,32)33)18(29)17(14)28/h2,5-8,11,14-15,17-18H,3-4H2,1H3,(H,43,47). The molecule has 0 aliphatic heterocycles. The Bertz CT molecular complexity index is 1710. The Labute approximate surface area is 263 Å². The van der Waals surface area contributed by atoms with Crippen LogP contribution in [0, 0.1) is 11.8 Å². The number of rotatable bonds is 8. The van der Waals surface area contributed by atoms with Crippen molar-refractivity contribution in [3.8, 4) is 22.8 Å². The smallest absolute Gasteiger partial charge is 0.410 e. The Hall–Kier alpha value is -3.78. The van der Waals surface area contributed by atoms with E-state index >= 15 is 13.2 Å². The molecule has 2 aromatic heterocycles. The predicted molar refractivity (Wildman–Crippen MR) is 135 cm³/mol. The summed E-state index contributed by atoms with van der Waals surface area (Å²) in [5.41, 5.74) is -9.02. The molecule has 0 spiro atoms. The molecule has 3 aromatic rings. The number of aromatic nitrogens is 4. The Morgan fingerprint density at radius 2 is 1.54 bits per heavy atom. The van der Waals surface area contributed by atoms with E-state index in [1.165, 1.54) is 18.2 Å². The lowest BCUT2D eigenvalue weighted by molar-refractivity contribution is -0.410. The maximum Gasteiger partial charge on any atom is 0.443 e. The van der Waals surface area contributed by atoms with Crippen molar-refractivity contribution in [2.24, 2.45) is 18.9 Å². The molecule has 1 N–H and O–H groups in total. The van der Waals surface area contributed by atoms with Crippen molar-refractivity contribution in [2.75, 3.05) is 0 Å². The first-order valence-corrected chi connectivity index (χ1v) is 13.7. The highest BCUT2D eigenvalue weighted by Crippen LogP contribution is 2.63. The Morgan fingerprint density at radius 1 is 0.938 bits per heavy atom. The van der Waals surface area contributed by atoms with Gasteiger partial charge in [-0.25, -0.2) is 22.5 Å². The molecule has 0 bridgehead atoms. The molecule has 5 rings (SSSR count). The van der Waals surface area contributed by atoms with Crippen LogP contribution < -0.4 is 10.1 Å². The molecule has 0 saturated heterocycles. The first kappa shape index (κ1) is 35.5. The summed E-state index contributed by atoms with van der Waals surface area (Å²) in [5, 5.41) is 9.29. The van der Waals surface area contributed by atoms with Gasteiger partial charge >= 0.3 is 30.3 Å². The van der Waals surface area contributed by atoms with E-state index in [0.717, 1.165) is 25.2 Å². The van der Waals surface area contributed by atoms with Gasteiger partial charge in [-0.3, -0.25) is 4.79 Å². The Balaban J connectivity index is 1.55. The fourth-order valence-corrected chi connectivity index (χ4v) is 5.48. The predicted octanol–water partition coefficient (Wildman–Crippen LogP) is 7.56. The highest BCUT2D eigenvalue weighted by molar-refractivity contribution is 6.34. The van der Waals surface area contributed by atoms with Gasteiger partial charge in [-0.15, -0.1) is 5.10 Å². The van der Waals surface area contributed by atoms with Gasteiger partial charge in [0, 0.05) is 24.8 Å². The third-order valence-corrected chi connectivity index (χ3v) is 8.13. The molecular weight excluding hydrogens is 716 g/mol. The number of aryl methyl sites for hydroxylation is 1. The molecule has 1 aromatic carbocycles. The molecule has 1 amide bonds. The number of carbonyl (C=O) groups is 1. The van der Waals surface area contributed by atoms with Crippen LogP contribution in [0.25, 0.3) is 16.9 Å². The van der Waals surface area contributed by atoms with E-state index in [4.69, 9.17) is 11.6 Å². The summed E-state index contributed by atoms with van der Waals surface area (Å²) >= 11 is 6.08. The SMILES string of the molecule is Cn1nc(OC(F)(F)C(F)(C2C(F)C(F)C2C(F)(F)F)C(F)(F)F)c(C(F)(F)F)c1-n1cc(-c2ccc(Cl)c(C(=O)NC3CC3)c2)cn1. The summed E-state index contributed by atoms with van der Waals surface area (Å²) in [4.78, 5) is 12.5. The van der Waals surface area contributed by atoms with Crippen molar-refractivity contribution < 1.29 is 71.0 Å². The van der Waals surface area contributed by atoms with Crippen LogP contribution in [0.2, 0.25) is 5.02 Å². The molecule has 2 aliphatic carbocycles. The van der Waals surface area contributed by atoms with E-state index in [0.29, 0.717) is 11.7 Å². The number of ether oxygens (including phenoxy) is 1. The number of hydrogen-bond donors (Lipinski definition) is 1. The highest BCUT2D eigenvalue weighted by Gasteiger charge is 2.85. The largest absolute Gasteiger partial charge is 0.443 e. The van der Waals surface area contributed by atoms with Gasteiger partial charge in [-0.1, -0.05) is 17.7 Å². The number of benzene rings is 1. The molecule has 22 heteroatoms. The second kappa shape index (κ2) is 11.4. The average Bonchev–Trinajstić information content (AvgIpc) is 3.51. The zero-order chi connectivity index (χ0) is 35.9. The first-order valence-electron chi connectivity index (χ1n) is 13.4. The maximum atomic E-state index is 15.4. The van der Waals surface area contributed by atoms with Gasteiger partial charge in [0.05, 0.1) is 28.6 Å². The molecule has 5 unspecified atom stereocenters. The van der Waals surface area contributed by atoms with Crippen LogP contribution in [-0.4, -0.2) is 68.0 Å². The lowest BCUT2D eigenvalue weighted by atomic mass is 9.61. The van der Waals surface area contributed by atoms with E-state index in [1.54, 1.807) is 0 Å². The van der Waals surface area contributed by atoms with Crippen molar-refractivity contribution in [1.82, 2.24) is 24.9 Å². The highest BCUT2D eigenvalue weighted by atomic mass is 35.5. The third kappa shape index (κ3) is 5.90. The lowest BCUT2D eigenvalue weighted by Gasteiger charge is -2.51. The average molecular weight is 734 g/mol. The molecule has 2 aliphatic rings. The summed E-state index contributed by atoms with van der Waals surface area (Å²) < 4.78 is 201. The van der Waals surface area contributed by atoms with Crippen LogP contribution in [0.4, 0.5) is 61.5 Å². The van der Waals surface area contributed by atoms with Crippen molar-refractivity contribution in [3.63, 3.8) is 0 Å². The van der Waals surface area contributed by atoms with Gasteiger partial charge in [-0.05, 0) is 30.5 Å². The minimum atomic E-state index is -7.14. The summed E-state index contributed by atoms with van der Waals surface area (Å²) in [6.45, 7) is 0. The fraction of sp³-hybridized carbons (Fsp3) is 0.500. The molecule has 2 fully saturated rings. The monoisotopic (exact) mass is 733 g/mol. The summed E-state index contributed by atoms with van der Waals surface area (Å²) in [7, 11) is 0.642. The second-order valence-electron chi connectivity index (χ2n) is 11.1. The Kier molecular flexibility index (Phi) is 8.43. The van der Waals surface area contributed by atoms with Crippen molar-refractivity contribution in [3.05, 3.63) is 46.7 Å². The molecule has 2 heterocycles. The number of amides is 1. The van der Waals surface area contributed by atoms with Gasteiger partial charge in [0.15, 0.2) is 11.4 Å². The number of halogens is 15. The van der Waals surface area contributed by atoms with Gasteiger partial charge in [0.1, 0.15) is 12.3 Å². The van der Waals surface area contributed by atoms with Crippen LogP contribution >= 0.6 is 11.6 Å². The number of carbonyl (C=O) groups excluding carboxylic acids is 1. The molecule has 7 nitrogen and oxygen atoms in total.